The van der Waals surface area contributed by atoms with Crippen LogP contribution in [0.2, 0.25) is 0 Å². The summed E-state index contributed by atoms with van der Waals surface area (Å²) in [6.07, 6.45) is 0.198. The van der Waals surface area contributed by atoms with Crippen molar-refractivity contribution in [2.45, 2.75) is 19.1 Å². The molecule has 0 unspecified atom stereocenters. The number of aliphatic hydroxyl groups excluding tert-OH is 1. The molecule has 0 radical (unpaired) electrons. The fraction of sp³-hybridized carbons (Fsp3) is 0.389. The maximum absolute atomic E-state index is 10.2. The Balaban J connectivity index is 1.51. The molecule has 2 aromatic rings. The molecule has 0 amide bonds. The molecule has 0 bridgehead atoms. The molecule has 1 aromatic heterocycles. The Morgan fingerprint density at radius 3 is 2.84 bits per heavy atom. The van der Waals surface area contributed by atoms with Crippen LogP contribution in [0.25, 0.3) is 0 Å². The van der Waals surface area contributed by atoms with Crippen LogP contribution < -0.4 is 9.47 Å². The average molecular weight is 340 g/mol. The molecule has 2 heterocycles. The van der Waals surface area contributed by atoms with Gasteiger partial charge >= 0.3 is 0 Å². The van der Waals surface area contributed by atoms with Crippen LogP contribution in [0.5, 0.6) is 11.6 Å². The van der Waals surface area contributed by atoms with E-state index in [1.165, 1.54) is 0 Å². The van der Waals surface area contributed by atoms with E-state index in [9.17, 15) is 5.11 Å². The smallest absolute Gasteiger partial charge is 0.233 e. The zero-order chi connectivity index (χ0) is 17.6. The second kappa shape index (κ2) is 7.92. The van der Waals surface area contributed by atoms with Gasteiger partial charge in [0.1, 0.15) is 18.5 Å². The minimum atomic E-state index is -0.603. The van der Waals surface area contributed by atoms with Crippen LogP contribution in [0.4, 0.5) is 0 Å². The highest BCUT2D eigenvalue weighted by Crippen LogP contribution is 2.20. The number of methoxy groups -OCH3 is 1. The minimum absolute atomic E-state index is 0.202. The number of aliphatic hydroxyl groups is 1. The summed E-state index contributed by atoms with van der Waals surface area (Å²) in [5.74, 6) is 1.15. The van der Waals surface area contributed by atoms with Crippen molar-refractivity contribution in [2.24, 2.45) is 0 Å². The first kappa shape index (κ1) is 17.1. The summed E-state index contributed by atoms with van der Waals surface area (Å²) < 4.78 is 10.7. The van der Waals surface area contributed by atoms with Crippen molar-refractivity contribution >= 4 is 0 Å². The van der Waals surface area contributed by atoms with E-state index in [-0.39, 0.29) is 6.61 Å². The van der Waals surface area contributed by atoms with E-state index in [2.05, 4.69) is 21.2 Å². The van der Waals surface area contributed by atoms with Gasteiger partial charge in [0.05, 0.1) is 24.4 Å². The third-order valence-corrected chi connectivity index (χ3v) is 4.10. The van der Waals surface area contributed by atoms with Gasteiger partial charge in [-0.25, -0.2) is 0 Å². The number of aromatic nitrogens is 2. The largest absolute Gasteiger partial charge is 0.491 e. The number of hydrogen-bond acceptors (Lipinski definition) is 7. The molecular formula is C18H20N4O3. The Morgan fingerprint density at radius 2 is 2.12 bits per heavy atom. The third kappa shape index (κ3) is 4.44. The minimum Gasteiger partial charge on any atom is -0.491 e. The lowest BCUT2D eigenvalue weighted by Crippen LogP contribution is -2.39. The van der Waals surface area contributed by atoms with E-state index in [4.69, 9.17) is 14.7 Å². The third-order valence-electron chi connectivity index (χ3n) is 4.10. The zero-order valence-electron chi connectivity index (χ0n) is 14.1. The molecule has 3 rings (SSSR count). The maximum atomic E-state index is 10.2. The molecule has 25 heavy (non-hydrogen) atoms. The first-order chi connectivity index (χ1) is 12.2. The van der Waals surface area contributed by atoms with E-state index in [0.717, 1.165) is 24.2 Å². The van der Waals surface area contributed by atoms with Crippen LogP contribution in [0.15, 0.2) is 30.3 Å². The van der Waals surface area contributed by atoms with Gasteiger partial charge in [-0.15, -0.1) is 5.10 Å². The number of ether oxygens (including phenoxy) is 2. The molecule has 7 heteroatoms. The van der Waals surface area contributed by atoms with Crippen molar-refractivity contribution < 1.29 is 14.6 Å². The normalized spacial score (nSPS) is 15.1. The number of nitrogens with zero attached hydrogens (tertiary/aromatic N) is 4. The quantitative estimate of drug-likeness (QED) is 0.843. The van der Waals surface area contributed by atoms with Crippen LogP contribution in [0.3, 0.4) is 0 Å². The summed E-state index contributed by atoms with van der Waals surface area (Å²) in [5.41, 5.74) is 2.65. The van der Waals surface area contributed by atoms with Crippen LogP contribution in [0, 0.1) is 11.3 Å². The van der Waals surface area contributed by atoms with Crippen molar-refractivity contribution in [1.29, 1.82) is 5.26 Å². The zero-order valence-corrected chi connectivity index (χ0v) is 14.1. The molecule has 1 aromatic carbocycles. The second-order valence-electron chi connectivity index (χ2n) is 5.94. The highest BCUT2D eigenvalue weighted by Gasteiger charge is 2.21. The van der Waals surface area contributed by atoms with Gasteiger partial charge in [0, 0.05) is 32.1 Å². The highest BCUT2D eigenvalue weighted by molar-refractivity contribution is 5.34. The molecule has 0 saturated carbocycles. The van der Waals surface area contributed by atoms with E-state index >= 15 is 0 Å². The molecule has 0 saturated heterocycles. The monoisotopic (exact) mass is 340 g/mol. The maximum Gasteiger partial charge on any atom is 0.233 e. The second-order valence-corrected chi connectivity index (χ2v) is 5.94. The summed E-state index contributed by atoms with van der Waals surface area (Å²) in [4.78, 5) is 2.16. The van der Waals surface area contributed by atoms with Crippen molar-refractivity contribution in [3.8, 4) is 17.7 Å². The Hall–Kier alpha value is -2.69. The van der Waals surface area contributed by atoms with E-state index in [1.807, 2.05) is 6.07 Å². The van der Waals surface area contributed by atoms with Gasteiger partial charge < -0.3 is 14.6 Å². The topological polar surface area (TPSA) is 91.5 Å². The SMILES string of the molecule is COc1cc2c(nn1)CCN(C[C@H](O)COc1ccc(C#N)cc1)C2. The predicted octanol–water partition coefficient (Wildman–Crippen LogP) is 1.15. The fourth-order valence-corrected chi connectivity index (χ4v) is 2.79. The van der Waals surface area contributed by atoms with Crippen LogP contribution in [-0.4, -0.2) is 53.1 Å². The van der Waals surface area contributed by atoms with Crippen LogP contribution in [0.1, 0.15) is 16.8 Å². The molecule has 0 spiro atoms. The van der Waals surface area contributed by atoms with E-state index in [1.54, 1.807) is 31.4 Å². The van der Waals surface area contributed by atoms with Gasteiger partial charge in [-0.1, -0.05) is 0 Å². The number of β-amino-alcohol motifs (C(OH)–C–C–N with tert-alkyl or cyclic N) is 1. The Bertz CT molecular complexity index is 758. The first-order valence-corrected chi connectivity index (χ1v) is 8.11. The highest BCUT2D eigenvalue weighted by atomic mass is 16.5. The number of nitriles is 1. The molecule has 0 aliphatic carbocycles. The van der Waals surface area contributed by atoms with Crippen molar-refractivity contribution in [3.63, 3.8) is 0 Å². The number of benzene rings is 1. The molecule has 1 atom stereocenters. The van der Waals surface area contributed by atoms with Gasteiger partial charge in [0.2, 0.25) is 5.88 Å². The Morgan fingerprint density at radius 1 is 1.32 bits per heavy atom. The molecule has 130 valence electrons. The lowest BCUT2D eigenvalue weighted by molar-refractivity contribution is 0.0634. The summed E-state index contributed by atoms with van der Waals surface area (Å²) in [6.45, 7) is 2.24. The van der Waals surface area contributed by atoms with Gasteiger partial charge in [0.15, 0.2) is 0 Å². The molecular weight excluding hydrogens is 320 g/mol. The summed E-state index contributed by atoms with van der Waals surface area (Å²) >= 11 is 0. The number of rotatable bonds is 6. The Kier molecular flexibility index (Phi) is 5.43. The lowest BCUT2D eigenvalue weighted by atomic mass is 10.1. The standard InChI is InChI=1S/C18H20N4O3/c1-24-18-8-14-10-22(7-6-17(14)20-21-18)11-15(23)12-25-16-4-2-13(9-19)3-5-16/h2-5,8,15,23H,6-7,10-12H2,1H3/t15-/m0/s1. The van der Waals surface area contributed by atoms with Crippen molar-refractivity contribution in [1.82, 2.24) is 15.1 Å². The molecule has 1 aliphatic rings. The first-order valence-electron chi connectivity index (χ1n) is 8.11. The van der Waals surface area contributed by atoms with Gasteiger partial charge in [0.25, 0.3) is 0 Å². The average Bonchev–Trinajstić information content (AvgIpc) is 2.66. The summed E-state index contributed by atoms with van der Waals surface area (Å²) in [6, 6.07) is 10.8. The molecule has 0 fully saturated rings. The van der Waals surface area contributed by atoms with Gasteiger partial charge in [-0.3, -0.25) is 4.90 Å². The van der Waals surface area contributed by atoms with E-state index < -0.39 is 6.10 Å². The summed E-state index contributed by atoms with van der Waals surface area (Å²) in [7, 11) is 1.57. The van der Waals surface area contributed by atoms with Gasteiger partial charge in [-0.2, -0.15) is 10.4 Å². The molecule has 7 nitrogen and oxygen atoms in total. The fourth-order valence-electron chi connectivity index (χ4n) is 2.79. The predicted molar refractivity (Wildman–Crippen MR) is 90.2 cm³/mol. The van der Waals surface area contributed by atoms with Crippen molar-refractivity contribution in [3.05, 3.63) is 47.2 Å². The number of fused-ring (bicyclic) bond motifs is 1. The number of hydrogen-bond donors (Lipinski definition) is 1. The summed E-state index contributed by atoms with van der Waals surface area (Å²) in [5, 5.41) is 27.2. The van der Waals surface area contributed by atoms with E-state index in [0.29, 0.717) is 30.3 Å². The Labute approximate surface area is 146 Å². The van der Waals surface area contributed by atoms with Crippen LogP contribution in [-0.2, 0) is 13.0 Å². The van der Waals surface area contributed by atoms with Crippen molar-refractivity contribution in [2.75, 3.05) is 26.8 Å². The lowest BCUT2D eigenvalue weighted by Gasteiger charge is -2.29. The molecule has 1 N–H and O–H groups in total. The molecule has 1 aliphatic heterocycles. The van der Waals surface area contributed by atoms with Crippen LogP contribution >= 0.6 is 0 Å². The van der Waals surface area contributed by atoms with Gasteiger partial charge in [-0.05, 0) is 29.8 Å².